The molecule has 4 nitrogen and oxygen atoms in total. The van der Waals surface area contributed by atoms with Gasteiger partial charge in [0.05, 0.1) is 12.8 Å². The minimum Gasteiger partial charge on any atom is -0.464 e. The molecule has 23 heavy (non-hydrogen) atoms. The minimum atomic E-state index is -0.330. The van der Waals surface area contributed by atoms with Gasteiger partial charge in [0, 0.05) is 18.5 Å². The first-order chi connectivity index (χ1) is 10.9. The summed E-state index contributed by atoms with van der Waals surface area (Å²) in [6.07, 6.45) is 4.76. The molecule has 0 bridgehead atoms. The molecule has 1 aliphatic carbocycles. The summed E-state index contributed by atoms with van der Waals surface area (Å²) in [6.45, 7) is 9.99. The van der Waals surface area contributed by atoms with Crippen LogP contribution in [0.1, 0.15) is 67.3 Å². The molecule has 1 atom stereocenters. The van der Waals surface area contributed by atoms with E-state index in [0.29, 0.717) is 5.69 Å². The number of methoxy groups -OCH3 is 1. The fourth-order valence-electron chi connectivity index (χ4n) is 4.04. The lowest BCUT2D eigenvalue weighted by molar-refractivity contribution is 0.0593. The van der Waals surface area contributed by atoms with Gasteiger partial charge in [0.1, 0.15) is 5.69 Å². The number of aromatic nitrogens is 1. The lowest BCUT2D eigenvalue weighted by Gasteiger charge is -2.31. The molecule has 3 rings (SSSR count). The Labute approximate surface area is 139 Å². The van der Waals surface area contributed by atoms with Crippen molar-refractivity contribution in [3.63, 3.8) is 0 Å². The highest BCUT2D eigenvalue weighted by Gasteiger charge is 2.34. The molecule has 1 aromatic rings. The van der Waals surface area contributed by atoms with Gasteiger partial charge in [0.15, 0.2) is 0 Å². The van der Waals surface area contributed by atoms with Crippen molar-refractivity contribution in [2.45, 2.75) is 58.4 Å². The molecule has 4 heteroatoms. The number of fused-ring (bicyclic) bond motifs is 1. The minimum absolute atomic E-state index is 0.0449. The highest BCUT2D eigenvalue weighted by atomic mass is 16.5. The van der Waals surface area contributed by atoms with Crippen LogP contribution in [0.4, 0.5) is 0 Å². The van der Waals surface area contributed by atoms with Crippen molar-refractivity contribution in [1.29, 1.82) is 0 Å². The normalized spacial score (nSPS) is 23.6. The monoisotopic (exact) mass is 316 g/mol. The number of pyridine rings is 1. The van der Waals surface area contributed by atoms with Crippen molar-refractivity contribution in [1.82, 2.24) is 9.88 Å². The molecular formula is C19H28N2O2. The maximum Gasteiger partial charge on any atom is 0.356 e. The van der Waals surface area contributed by atoms with Crippen LogP contribution in [-0.4, -0.2) is 36.1 Å². The molecule has 0 amide bonds. The van der Waals surface area contributed by atoms with Crippen molar-refractivity contribution < 1.29 is 9.53 Å². The standard InChI is InChI=1S/C19H28N2O2/c1-13-6-5-9-21(11-13)12-14-10-16(18(22)23-4)20-17-15(14)7-8-19(17,2)3/h10,13H,5-9,11-12H2,1-4H3/t13-/m0/s1. The summed E-state index contributed by atoms with van der Waals surface area (Å²) < 4.78 is 4.91. The number of hydrogen-bond acceptors (Lipinski definition) is 4. The van der Waals surface area contributed by atoms with Gasteiger partial charge in [0.2, 0.25) is 0 Å². The Balaban J connectivity index is 1.95. The Morgan fingerprint density at radius 1 is 1.48 bits per heavy atom. The summed E-state index contributed by atoms with van der Waals surface area (Å²) in [6, 6.07) is 1.96. The predicted molar refractivity (Wildman–Crippen MR) is 90.6 cm³/mol. The average molecular weight is 316 g/mol. The van der Waals surface area contributed by atoms with Crippen LogP contribution in [0.15, 0.2) is 6.07 Å². The van der Waals surface area contributed by atoms with Gasteiger partial charge in [-0.1, -0.05) is 20.8 Å². The number of carbonyl (C=O) groups excluding carboxylic acids is 1. The fourth-order valence-corrected chi connectivity index (χ4v) is 4.04. The zero-order valence-corrected chi connectivity index (χ0v) is 14.8. The van der Waals surface area contributed by atoms with Crippen LogP contribution in [0.2, 0.25) is 0 Å². The summed E-state index contributed by atoms with van der Waals surface area (Å²) in [4.78, 5) is 19.2. The van der Waals surface area contributed by atoms with E-state index in [9.17, 15) is 4.79 Å². The molecule has 0 unspecified atom stereocenters. The maximum absolute atomic E-state index is 12.0. The quantitative estimate of drug-likeness (QED) is 0.802. The lowest BCUT2D eigenvalue weighted by atomic mass is 9.90. The van der Waals surface area contributed by atoms with E-state index in [1.807, 2.05) is 6.07 Å². The van der Waals surface area contributed by atoms with Gasteiger partial charge in [-0.2, -0.15) is 0 Å². The molecule has 1 aromatic heterocycles. The Kier molecular flexibility index (Phi) is 4.45. The smallest absolute Gasteiger partial charge is 0.356 e. The highest BCUT2D eigenvalue weighted by molar-refractivity contribution is 5.87. The summed E-state index contributed by atoms with van der Waals surface area (Å²) in [5, 5.41) is 0. The van der Waals surface area contributed by atoms with Crippen LogP contribution in [0.3, 0.4) is 0 Å². The molecule has 0 saturated carbocycles. The Hall–Kier alpha value is -1.42. The molecule has 0 N–H and O–H groups in total. The molecule has 1 saturated heterocycles. The third-order valence-electron chi connectivity index (χ3n) is 5.39. The molecule has 2 heterocycles. The van der Waals surface area contributed by atoms with Crippen LogP contribution in [-0.2, 0) is 23.1 Å². The van der Waals surface area contributed by atoms with E-state index in [-0.39, 0.29) is 11.4 Å². The van der Waals surface area contributed by atoms with Gasteiger partial charge in [0.25, 0.3) is 0 Å². The number of piperidine rings is 1. The van der Waals surface area contributed by atoms with E-state index in [2.05, 4.69) is 30.7 Å². The van der Waals surface area contributed by atoms with E-state index in [1.165, 1.54) is 31.1 Å². The van der Waals surface area contributed by atoms with Crippen LogP contribution in [0.5, 0.6) is 0 Å². The molecule has 126 valence electrons. The number of rotatable bonds is 3. The summed E-state index contributed by atoms with van der Waals surface area (Å²) in [5.74, 6) is 0.430. The topological polar surface area (TPSA) is 42.4 Å². The van der Waals surface area contributed by atoms with E-state index in [4.69, 9.17) is 4.74 Å². The van der Waals surface area contributed by atoms with Crippen molar-refractivity contribution in [3.8, 4) is 0 Å². The van der Waals surface area contributed by atoms with Crippen molar-refractivity contribution in [2.24, 2.45) is 5.92 Å². The van der Waals surface area contributed by atoms with Crippen LogP contribution in [0, 0.1) is 5.92 Å². The second-order valence-corrected chi connectivity index (χ2v) is 7.85. The first-order valence-corrected chi connectivity index (χ1v) is 8.74. The molecule has 0 radical (unpaired) electrons. The Bertz CT molecular complexity index is 610. The Morgan fingerprint density at radius 3 is 2.96 bits per heavy atom. The fraction of sp³-hybridized carbons (Fsp3) is 0.684. The lowest BCUT2D eigenvalue weighted by Crippen LogP contribution is -2.34. The summed E-state index contributed by atoms with van der Waals surface area (Å²) in [7, 11) is 1.42. The number of carbonyl (C=O) groups is 1. The number of esters is 1. The molecule has 1 aliphatic heterocycles. The van der Waals surface area contributed by atoms with Crippen LogP contribution < -0.4 is 0 Å². The summed E-state index contributed by atoms with van der Waals surface area (Å²) >= 11 is 0. The zero-order valence-electron chi connectivity index (χ0n) is 14.8. The Morgan fingerprint density at radius 2 is 2.26 bits per heavy atom. The zero-order chi connectivity index (χ0) is 16.6. The van der Waals surface area contributed by atoms with E-state index in [1.54, 1.807) is 0 Å². The van der Waals surface area contributed by atoms with Gasteiger partial charge in [-0.3, -0.25) is 4.90 Å². The third-order valence-corrected chi connectivity index (χ3v) is 5.39. The average Bonchev–Trinajstić information content (AvgIpc) is 2.82. The van der Waals surface area contributed by atoms with Crippen LogP contribution in [0.25, 0.3) is 0 Å². The number of hydrogen-bond donors (Lipinski definition) is 0. The van der Waals surface area contributed by atoms with E-state index < -0.39 is 0 Å². The van der Waals surface area contributed by atoms with Crippen LogP contribution >= 0.6 is 0 Å². The van der Waals surface area contributed by atoms with Crippen molar-refractivity contribution >= 4 is 5.97 Å². The van der Waals surface area contributed by atoms with E-state index in [0.717, 1.165) is 44.1 Å². The molecule has 0 spiro atoms. The number of ether oxygens (including phenoxy) is 1. The predicted octanol–water partition coefficient (Wildman–Crippen LogP) is 3.32. The SMILES string of the molecule is COC(=O)c1cc(CN2CCC[C@H](C)C2)c2c(n1)C(C)(C)CC2. The molecular weight excluding hydrogens is 288 g/mol. The second kappa shape index (κ2) is 6.23. The number of likely N-dealkylation sites (tertiary alicyclic amines) is 1. The maximum atomic E-state index is 12.0. The summed E-state index contributed by atoms with van der Waals surface area (Å²) in [5.41, 5.74) is 4.24. The first-order valence-electron chi connectivity index (χ1n) is 8.74. The molecule has 1 fully saturated rings. The van der Waals surface area contributed by atoms with Gasteiger partial charge in [-0.25, -0.2) is 9.78 Å². The highest BCUT2D eigenvalue weighted by Crippen LogP contribution is 2.39. The largest absolute Gasteiger partial charge is 0.464 e. The van der Waals surface area contributed by atoms with Crippen molar-refractivity contribution in [2.75, 3.05) is 20.2 Å². The van der Waals surface area contributed by atoms with E-state index >= 15 is 0 Å². The van der Waals surface area contributed by atoms with Crippen molar-refractivity contribution in [3.05, 3.63) is 28.6 Å². The third kappa shape index (κ3) is 3.27. The molecule has 0 aromatic carbocycles. The van der Waals surface area contributed by atoms with Gasteiger partial charge < -0.3 is 4.74 Å². The van der Waals surface area contributed by atoms with Gasteiger partial charge in [-0.05, 0) is 55.3 Å². The second-order valence-electron chi connectivity index (χ2n) is 7.85. The van der Waals surface area contributed by atoms with Gasteiger partial charge in [-0.15, -0.1) is 0 Å². The molecule has 2 aliphatic rings. The first kappa shape index (κ1) is 16.4. The van der Waals surface area contributed by atoms with Gasteiger partial charge >= 0.3 is 5.97 Å². The number of nitrogens with zero attached hydrogens (tertiary/aromatic N) is 2.